The largest absolute Gasteiger partial charge is 0.482 e. The van der Waals surface area contributed by atoms with Crippen molar-refractivity contribution in [3.63, 3.8) is 0 Å². The number of fused-ring (bicyclic) bond motifs is 1. The summed E-state index contributed by atoms with van der Waals surface area (Å²) >= 11 is 0. The van der Waals surface area contributed by atoms with Crippen LogP contribution in [0.1, 0.15) is 21.5 Å². The predicted molar refractivity (Wildman–Crippen MR) is 114 cm³/mol. The first-order chi connectivity index (χ1) is 14.9. The number of nitrogens with one attached hydrogen (secondary N) is 1. The van der Waals surface area contributed by atoms with Gasteiger partial charge in [-0.1, -0.05) is 6.07 Å². The summed E-state index contributed by atoms with van der Waals surface area (Å²) in [5, 5.41) is 3.09. The monoisotopic (exact) mass is 425 g/mol. The molecule has 2 aromatic carbocycles. The van der Waals surface area contributed by atoms with Crippen molar-refractivity contribution in [1.82, 2.24) is 5.32 Å². The third-order valence-electron chi connectivity index (χ3n) is 4.33. The number of carbonyl (C=O) groups excluding carboxylic acids is 2. The van der Waals surface area contributed by atoms with Crippen molar-refractivity contribution in [3.8, 4) is 11.5 Å². The zero-order valence-electron chi connectivity index (χ0n) is 17.5. The number of hydrogen-bond acceptors (Lipinski definition) is 7. The van der Waals surface area contributed by atoms with Gasteiger partial charge in [0.05, 0.1) is 6.61 Å². The Balaban J connectivity index is 1.67. The molecule has 3 aromatic rings. The van der Waals surface area contributed by atoms with Gasteiger partial charge in [0.2, 0.25) is 0 Å². The van der Waals surface area contributed by atoms with E-state index in [2.05, 4.69) is 5.32 Å². The zero-order chi connectivity index (χ0) is 22.4. The van der Waals surface area contributed by atoms with Crippen LogP contribution in [0.4, 0.5) is 0 Å². The van der Waals surface area contributed by atoms with Gasteiger partial charge < -0.3 is 23.9 Å². The molecule has 31 heavy (non-hydrogen) atoms. The Morgan fingerprint density at radius 1 is 1.00 bits per heavy atom. The van der Waals surface area contributed by atoms with E-state index in [1.807, 2.05) is 32.0 Å². The van der Waals surface area contributed by atoms with Gasteiger partial charge in [0.1, 0.15) is 22.6 Å². The average molecular weight is 425 g/mol. The van der Waals surface area contributed by atoms with E-state index < -0.39 is 17.5 Å². The van der Waals surface area contributed by atoms with Crippen LogP contribution >= 0.6 is 0 Å². The van der Waals surface area contributed by atoms with Crippen LogP contribution < -0.4 is 20.4 Å². The SMILES string of the molecule is COCCNC(=O)c1cc2ccc(OC(=O)COc3cc(C)cc(C)c3)cc2oc1=O. The van der Waals surface area contributed by atoms with Crippen LogP contribution in [0, 0.1) is 13.8 Å². The molecule has 0 aliphatic carbocycles. The fourth-order valence-corrected chi connectivity index (χ4v) is 2.99. The first-order valence-electron chi connectivity index (χ1n) is 9.62. The second-order valence-electron chi connectivity index (χ2n) is 6.98. The number of methoxy groups -OCH3 is 1. The number of aryl methyl sites for hydroxylation is 2. The van der Waals surface area contributed by atoms with Crippen molar-refractivity contribution < 1.29 is 28.2 Å². The van der Waals surface area contributed by atoms with Crippen molar-refractivity contribution in [3.05, 3.63) is 69.6 Å². The molecular formula is C23H23NO7. The minimum Gasteiger partial charge on any atom is -0.482 e. The van der Waals surface area contributed by atoms with Gasteiger partial charge in [0.15, 0.2) is 6.61 Å². The number of amides is 1. The molecule has 3 rings (SSSR count). The number of carbonyl (C=O) groups is 2. The lowest BCUT2D eigenvalue weighted by atomic mass is 10.1. The Labute approximate surface area is 178 Å². The smallest absolute Gasteiger partial charge is 0.349 e. The van der Waals surface area contributed by atoms with Crippen LogP contribution in [0.3, 0.4) is 0 Å². The lowest BCUT2D eigenvalue weighted by Crippen LogP contribution is -2.30. The summed E-state index contributed by atoms with van der Waals surface area (Å²) in [6.07, 6.45) is 0. The summed E-state index contributed by atoms with van der Waals surface area (Å²) in [7, 11) is 1.51. The molecule has 0 radical (unpaired) electrons. The van der Waals surface area contributed by atoms with E-state index in [0.29, 0.717) is 17.7 Å². The Bertz CT molecular complexity index is 1150. The van der Waals surface area contributed by atoms with Crippen molar-refractivity contribution in [1.29, 1.82) is 0 Å². The first kappa shape index (κ1) is 22.0. The average Bonchev–Trinajstić information content (AvgIpc) is 2.71. The molecule has 1 aromatic heterocycles. The number of esters is 1. The van der Waals surface area contributed by atoms with E-state index in [1.54, 1.807) is 12.1 Å². The molecule has 0 saturated carbocycles. The Kier molecular flexibility index (Phi) is 7.04. The summed E-state index contributed by atoms with van der Waals surface area (Å²) in [5.41, 5.74) is 1.34. The maximum absolute atomic E-state index is 12.2. The van der Waals surface area contributed by atoms with Crippen molar-refractivity contribution in [2.75, 3.05) is 26.9 Å². The van der Waals surface area contributed by atoms with E-state index in [9.17, 15) is 14.4 Å². The van der Waals surface area contributed by atoms with Gasteiger partial charge in [-0.15, -0.1) is 0 Å². The standard InChI is InChI=1S/C23H23NO7/c1-14-8-15(2)10-18(9-14)29-13-21(25)30-17-5-4-16-11-19(22(26)24-6-7-28-3)23(27)31-20(16)12-17/h4-5,8-12H,6-7,13H2,1-3H3,(H,24,26). The molecule has 8 heteroatoms. The maximum Gasteiger partial charge on any atom is 0.349 e. The van der Waals surface area contributed by atoms with Crippen LogP contribution in [-0.4, -0.2) is 38.7 Å². The highest BCUT2D eigenvalue weighted by Gasteiger charge is 2.14. The molecule has 1 amide bonds. The van der Waals surface area contributed by atoms with Gasteiger partial charge in [-0.05, 0) is 55.3 Å². The quantitative estimate of drug-likeness (QED) is 0.256. The first-order valence-corrected chi connectivity index (χ1v) is 9.62. The summed E-state index contributed by atoms with van der Waals surface area (Å²) in [5.74, 6) is -0.376. The molecule has 0 fully saturated rings. The van der Waals surface area contributed by atoms with Crippen molar-refractivity contribution in [2.24, 2.45) is 0 Å². The summed E-state index contributed by atoms with van der Waals surface area (Å²) < 4.78 is 20.8. The molecule has 0 atom stereocenters. The van der Waals surface area contributed by atoms with E-state index >= 15 is 0 Å². The van der Waals surface area contributed by atoms with Crippen molar-refractivity contribution in [2.45, 2.75) is 13.8 Å². The summed E-state index contributed by atoms with van der Waals surface area (Å²) in [6, 6.07) is 11.6. The van der Waals surface area contributed by atoms with Gasteiger partial charge in [-0.25, -0.2) is 9.59 Å². The molecule has 162 valence electrons. The van der Waals surface area contributed by atoms with Gasteiger partial charge in [-0.3, -0.25) is 4.79 Å². The van der Waals surface area contributed by atoms with Gasteiger partial charge >= 0.3 is 11.6 Å². The highest BCUT2D eigenvalue weighted by Crippen LogP contribution is 2.21. The van der Waals surface area contributed by atoms with Crippen LogP contribution in [0.15, 0.2) is 51.7 Å². The second-order valence-corrected chi connectivity index (χ2v) is 6.98. The lowest BCUT2D eigenvalue weighted by Gasteiger charge is -2.09. The zero-order valence-corrected chi connectivity index (χ0v) is 17.5. The molecular weight excluding hydrogens is 402 g/mol. The maximum atomic E-state index is 12.2. The number of hydrogen-bond donors (Lipinski definition) is 1. The third kappa shape index (κ3) is 5.93. The minimum atomic E-state index is -0.788. The molecule has 1 heterocycles. The lowest BCUT2D eigenvalue weighted by molar-refractivity contribution is -0.136. The van der Waals surface area contributed by atoms with E-state index in [1.165, 1.54) is 19.2 Å². The minimum absolute atomic E-state index is 0.116. The molecule has 0 bridgehead atoms. The molecule has 0 spiro atoms. The topological polar surface area (TPSA) is 104 Å². The van der Waals surface area contributed by atoms with Gasteiger partial charge in [0.25, 0.3) is 5.91 Å². The van der Waals surface area contributed by atoms with Crippen LogP contribution in [0.25, 0.3) is 11.0 Å². The number of ether oxygens (including phenoxy) is 3. The predicted octanol–water partition coefficient (Wildman–Crippen LogP) is 2.77. The van der Waals surface area contributed by atoms with E-state index in [4.69, 9.17) is 18.6 Å². The van der Waals surface area contributed by atoms with Crippen LogP contribution in [0.5, 0.6) is 11.5 Å². The number of rotatable bonds is 8. The summed E-state index contributed by atoms with van der Waals surface area (Å²) in [6.45, 7) is 4.20. The molecule has 0 unspecified atom stereocenters. The van der Waals surface area contributed by atoms with E-state index in [0.717, 1.165) is 11.1 Å². The molecule has 0 saturated heterocycles. The van der Waals surface area contributed by atoms with Crippen LogP contribution in [-0.2, 0) is 9.53 Å². The van der Waals surface area contributed by atoms with Gasteiger partial charge in [0, 0.05) is 25.1 Å². The highest BCUT2D eigenvalue weighted by molar-refractivity contribution is 5.96. The fourth-order valence-electron chi connectivity index (χ4n) is 2.99. The molecule has 0 aliphatic rings. The molecule has 8 nitrogen and oxygen atoms in total. The van der Waals surface area contributed by atoms with Crippen LogP contribution in [0.2, 0.25) is 0 Å². The Morgan fingerprint density at radius 3 is 2.45 bits per heavy atom. The van der Waals surface area contributed by atoms with Crippen molar-refractivity contribution >= 4 is 22.8 Å². The molecule has 1 N–H and O–H groups in total. The third-order valence-corrected chi connectivity index (χ3v) is 4.33. The fraction of sp³-hybridized carbons (Fsp3) is 0.261. The highest BCUT2D eigenvalue weighted by atomic mass is 16.6. The molecule has 0 aliphatic heterocycles. The van der Waals surface area contributed by atoms with E-state index in [-0.39, 0.29) is 30.0 Å². The summed E-state index contributed by atoms with van der Waals surface area (Å²) in [4.78, 5) is 36.4. The second kappa shape index (κ2) is 9.90. The van der Waals surface area contributed by atoms with Gasteiger partial charge in [-0.2, -0.15) is 0 Å². The number of benzene rings is 2. The Morgan fingerprint density at radius 2 is 1.74 bits per heavy atom. The normalized spacial score (nSPS) is 10.7. The Hall–Kier alpha value is -3.65.